The molecule has 13 rings (SSSR count). The molecule has 0 amide bonds. The molecule has 3 aliphatic carbocycles. The molecule has 0 N–H and O–H groups in total. The van der Waals surface area contributed by atoms with Gasteiger partial charge in [0.1, 0.15) is 0 Å². The predicted molar refractivity (Wildman–Crippen MR) is 255 cm³/mol. The second-order valence-electron chi connectivity index (χ2n) is 17.6. The molecule has 1 unspecified atom stereocenters. The monoisotopic (exact) mass is 775 g/mol. The lowest BCUT2D eigenvalue weighted by atomic mass is 9.70. The fraction of sp³-hybridized carbons (Fsp3) is 0.0667. The highest BCUT2D eigenvalue weighted by Gasteiger charge is 2.52. The average Bonchev–Trinajstić information content (AvgIpc) is 3.87. The van der Waals surface area contributed by atoms with Crippen molar-refractivity contribution in [1.82, 2.24) is 0 Å². The molecule has 1 spiro atoms. The van der Waals surface area contributed by atoms with Crippen LogP contribution in [0.1, 0.15) is 47.2 Å². The highest BCUT2D eigenvalue weighted by Crippen LogP contribution is 2.65. The van der Waals surface area contributed by atoms with Crippen LogP contribution in [0.3, 0.4) is 0 Å². The minimum atomic E-state index is -0.482. The standard InChI is InChI=1S/C60H41N/c1-59(2)50-26-13-10-22-44(50)46-32-31-41(37-54(46)59)61(56-34-33-42(38-17-4-3-5-18-38)43-21-8-9-24-47(43)56)57-30-16-29-53-58(57)48-25-12-15-28-52(48)60(53)51-27-14-11-23-45(51)49-35-39-19-6-7-20-40(39)36-55(49)60/h3-37H,1-2H3. The zero-order chi connectivity index (χ0) is 40.5. The maximum atomic E-state index is 2.58. The SMILES string of the molecule is CC1(C)c2ccccc2-c2ccc(N(c3cccc4c3-c3ccccc3C43c4ccccc4-c4cc5ccccc5cc43)c3ccc(-c4ccccc4)c4ccccc34)cc21. The highest BCUT2D eigenvalue weighted by atomic mass is 15.1. The van der Waals surface area contributed by atoms with Crippen LogP contribution in [0.15, 0.2) is 212 Å². The first-order valence-corrected chi connectivity index (χ1v) is 21.5. The van der Waals surface area contributed by atoms with Gasteiger partial charge in [0.15, 0.2) is 0 Å². The molecule has 0 aliphatic heterocycles. The maximum absolute atomic E-state index is 2.58. The van der Waals surface area contributed by atoms with Crippen LogP contribution in [-0.4, -0.2) is 0 Å². The van der Waals surface area contributed by atoms with E-state index < -0.39 is 5.41 Å². The van der Waals surface area contributed by atoms with Crippen molar-refractivity contribution in [3.8, 4) is 44.5 Å². The Balaban J connectivity index is 1.13. The summed E-state index contributed by atoms with van der Waals surface area (Å²) >= 11 is 0. The Morgan fingerprint density at radius 2 is 0.902 bits per heavy atom. The average molecular weight is 776 g/mol. The summed E-state index contributed by atoms with van der Waals surface area (Å²) in [6, 6.07) is 79.9. The summed E-state index contributed by atoms with van der Waals surface area (Å²) in [5.74, 6) is 0. The summed E-state index contributed by atoms with van der Waals surface area (Å²) in [7, 11) is 0. The molecule has 0 radical (unpaired) electrons. The number of hydrogen-bond donors (Lipinski definition) is 0. The molecule has 0 heterocycles. The van der Waals surface area contributed by atoms with Crippen LogP contribution in [0, 0.1) is 0 Å². The Bertz CT molecular complexity index is 3460. The van der Waals surface area contributed by atoms with Gasteiger partial charge in [0, 0.05) is 22.1 Å². The second-order valence-corrected chi connectivity index (χ2v) is 17.6. The van der Waals surface area contributed by atoms with Gasteiger partial charge < -0.3 is 4.90 Å². The fourth-order valence-corrected chi connectivity index (χ4v) is 11.6. The van der Waals surface area contributed by atoms with Crippen LogP contribution in [0.5, 0.6) is 0 Å². The van der Waals surface area contributed by atoms with E-state index in [0.29, 0.717) is 0 Å². The molecule has 0 saturated heterocycles. The molecule has 0 fully saturated rings. The van der Waals surface area contributed by atoms with Gasteiger partial charge in [-0.05, 0) is 125 Å². The minimum Gasteiger partial charge on any atom is -0.309 e. The van der Waals surface area contributed by atoms with Crippen molar-refractivity contribution < 1.29 is 0 Å². The summed E-state index contributed by atoms with van der Waals surface area (Å²) in [5, 5.41) is 4.99. The summed E-state index contributed by atoms with van der Waals surface area (Å²) in [6.45, 7) is 4.77. The van der Waals surface area contributed by atoms with E-state index in [1.54, 1.807) is 0 Å². The van der Waals surface area contributed by atoms with E-state index in [0.717, 1.165) is 11.4 Å². The first kappa shape index (κ1) is 34.4. The highest BCUT2D eigenvalue weighted by molar-refractivity contribution is 6.09. The first-order valence-electron chi connectivity index (χ1n) is 21.5. The Kier molecular flexibility index (Phi) is 7.06. The Labute approximate surface area is 356 Å². The fourth-order valence-electron chi connectivity index (χ4n) is 11.6. The Morgan fingerprint density at radius 1 is 0.328 bits per heavy atom. The van der Waals surface area contributed by atoms with Gasteiger partial charge >= 0.3 is 0 Å². The molecule has 0 aromatic heterocycles. The first-order chi connectivity index (χ1) is 30.0. The summed E-state index contributed by atoms with van der Waals surface area (Å²) < 4.78 is 0. The smallest absolute Gasteiger partial charge is 0.0726 e. The van der Waals surface area contributed by atoms with Crippen LogP contribution in [-0.2, 0) is 10.8 Å². The summed E-state index contributed by atoms with van der Waals surface area (Å²) in [6.07, 6.45) is 0. The number of hydrogen-bond acceptors (Lipinski definition) is 1. The van der Waals surface area contributed by atoms with E-state index in [-0.39, 0.29) is 5.41 Å². The molecule has 286 valence electrons. The van der Waals surface area contributed by atoms with Gasteiger partial charge in [0.2, 0.25) is 0 Å². The summed E-state index contributed by atoms with van der Waals surface area (Å²) in [4.78, 5) is 2.58. The van der Waals surface area contributed by atoms with Crippen LogP contribution < -0.4 is 4.90 Å². The predicted octanol–water partition coefficient (Wildman–Crippen LogP) is 15.8. The molecular formula is C60H41N. The third kappa shape index (κ3) is 4.56. The molecule has 10 aromatic rings. The van der Waals surface area contributed by atoms with E-state index in [9.17, 15) is 0 Å². The van der Waals surface area contributed by atoms with Crippen molar-refractivity contribution in [3.05, 3.63) is 246 Å². The van der Waals surface area contributed by atoms with Gasteiger partial charge in [-0.2, -0.15) is 0 Å². The lowest BCUT2D eigenvalue weighted by Crippen LogP contribution is -2.26. The number of anilines is 3. The van der Waals surface area contributed by atoms with Gasteiger partial charge in [0.05, 0.1) is 16.8 Å². The topological polar surface area (TPSA) is 3.24 Å². The van der Waals surface area contributed by atoms with E-state index in [1.807, 2.05) is 0 Å². The van der Waals surface area contributed by atoms with Gasteiger partial charge in [-0.1, -0.05) is 190 Å². The van der Waals surface area contributed by atoms with Crippen molar-refractivity contribution in [1.29, 1.82) is 0 Å². The van der Waals surface area contributed by atoms with Crippen molar-refractivity contribution in [2.24, 2.45) is 0 Å². The van der Waals surface area contributed by atoms with Gasteiger partial charge in [0.25, 0.3) is 0 Å². The van der Waals surface area contributed by atoms with Crippen molar-refractivity contribution >= 4 is 38.6 Å². The molecule has 1 heteroatoms. The molecule has 0 bridgehead atoms. The number of rotatable bonds is 4. The Morgan fingerprint density at radius 3 is 1.69 bits per heavy atom. The second kappa shape index (κ2) is 12.5. The molecule has 1 atom stereocenters. The molecule has 3 aliphatic rings. The van der Waals surface area contributed by atoms with E-state index in [2.05, 4.69) is 231 Å². The third-order valence-electron chi connectivity index (χ3n) is 14.3. The zero-order valence-electron chi connectivity index (χ0n) is 34.2. The molecular weight excluding hydrogens is 735 g/mol. The van der Waals surface area contributed by atoms with Crippen molar-refractivity contribution in [2.75, 3.05) is 4.90 Å². The van der Waals surface area contributed by atoms with Crippen molar-refractivity contribution in [3.63, 3.8) is 0 Å². The number of fused-ring (bicyclic) bond motifs is 15. The van der Waals surface area contributed by atoms with Crippen LogP contribution in [0.2, 0.25) is 0 Å². The molecule has 1 nitrogen and oxygen atoms in total. The van der Waals surface area contributed by atoms with Gasteiger partial charge in [-0.3, -0.25) is 0 Å². The summed E-state index contributed by atoms with van der Waals surface area (Å²) in [5.41, 5.74) is 21.3. The molecule has 10 aromatic carbocycles. The van der Waals surface area contributed by atoms with Crippen LogP contribution >= 0.6 is 0 Å². The van der Waals surface area contributed by atoms with E-state index in [4.69, 9.17) is 0 Å². The van der Waals surface area contributed by atoms with E-state index in [1.165, 1.54) is 105 Å². The molecule has 61 heavy (non-hydrogen) atoms. The quantitative estimate of drug-likeness (QED) is 0.172. The van der Waals surface area contributed by atoms with Crippen LogP contribution in [0.25, 0.3) is 66.1 Å². The largest absolute Gasteiger partial charge is 0.309 e. The van der Waals surface area contributed by atoms with Crippen molar-refractivity contribution in [2.45, 2.75) is 24.7 Å². The Hall–Kier alpha value is -7.48. The number of benzene rings is 10. The van der Waals surface area contributed by atoms with Crippen LogP contribution in [0.4, 0.5) is 17.1 Å². The lowest BCUT2D eigenvalue weighted by molar-refractivity contribution is 0.660. The minimum absolute atomic E-state index is 0.151. The maximum Gasteiger partial charge on any atom is 0.0726 e. The van der Waals surface area contributed by atoms with E-state index >= 15 is 0 Å². The zero-order valence-corrected chi connectivity index (χ0v) is 34.2. The normalized spacial score (nSPS) is 15.9. The molecule has 0 saturated carbocycles. The lowest BCUT2D eigenvalue weighted by Gasteiger charge is -2.33. The van der Waals surface area contributed by atoms with Gasteiger partial charge in [-0.25, -0.2) is 0 Å². The van der Waals surface area contributed by atoms with Gasteiger partial charge in [-0.15, -0.1) is 0 Å². The number of nitrogens with zero attached hydrogens (tertiary/aromatic N) is 1. The third-order valence-corrected chi connectivity index (χ3v) is 14.3.